The molecule has 0 aliphatic carbocycles. The second-order valence-electron chi connectivity index (χ2n) is 8.74. The van der Waals surface area contributed by atoms with Gasteiger partial charge in [0.2, 0.25) is 5.88 Å². The molecular formula is C26H27ClN2O4. The third-order valence-electron chi connectivity index (χ3n) is 4.66. The van der Waals surface area contributed by atoms with Gasteiger partial charge in [0.05, 0.1) is 16.6 Å². The third kappa shape index (κ3) is 6.80. The normalized spacial score (nSPS) is 12.1. The van der Waals surface area contributed by atoms with Crippen molar-refractivity contribution in [3.8, 4) is 11.6 Å². The van der Waals surface area contributed by atoms with E-state index in [0.29, 0.717) is 16.3 Å². The number of aromatic nitrogens is 1. The minimum absolute atomic E-state index is 0.162. The fourth-order valence-electron chi connectivity index (χ4n) is 3.06. The maximum Gasteiger partial charge on any atom is 0.338 e. The van der Waals surface area contributed by atoms with Gasteiger partial charge in [-0.05, 0) is 76.1 Å². The molecule has 1 amide bonds. The third-order valence-corrected chi connectivity index (χ3v) is 4.87. The topological polar surface area (TPSA) is 77.5 Å². The van der Waals surface area contributed by atoms with Crippen LogP contribution in [-0.4, -0.2) is 22.5 Å². The van der Waals surface area contributed by atoms with Gasteiger partial charge in [-0.25, -0.2) is 9.78 Å². The van der Waals surface area contributed by atoms with Crippen molar-refractivity contribution in [3.63, 3.8) is 0 Å². The minimum Gasteiger partial charge on any atom is -0.456 e. The lowest BCUT2D eigenvalue weighted by Crippen LogP contribution is -2.27. The van der Waals surface area contributed by atoms with Crippen molar-refractivity contribution >= 4 is 23.5 Å². The maximum absolute atomic E-state index is 13.0. The molecule has 0 saturated heterocycles. The molecule has 1 atom stereocenters. The number of carbonyl (C=O) groups is 2. The van der Waals surface area contributed by atoms with Crippen molar-refractivity contribution in [3.05, 3.63) is 88.1 Å². The van der Waals surface area contributed by atoms with E-state index >= 15 is 0 Å². The first kappa shape index (κ1) is 24.3. The zero-order valence-corrected chi connectivity index (χ0v) is 20.1. The molecule has 33 heavy (non-hydrogen) atoms. The number of ether oxygens (including phenoxy) is 2. The summed E-state index contributed by atoms with van der Waals surface area (Å²) in [6, 6.07) is 15.6. The second kappa shape index (κ2) is 10.0. The van der Waals surface area contributed by atoms with E-state index in [1.54, 1.807) is 30.3 Å². The Bertz CT molecular complexity index is 1150. The Balaban J connectivity index is 1.74. The number of benzene rings is 2. The van der Waals surface area contributed by atoms with Gasteiger partial charge in [-0.3, -0.25) is 4.79 Å². The first-order valence-electron chi connectivity index (χ1n) is 10.6. The van der Waals surface area contributed by atoms with Crippen LogP contribution in [-0.2, 0) is 4.74 Å². The Hall–Kier alpha value is -3.38. The van der Waals surface area contributed by atoms with Crippen LogP contribution in [0.2, 0.25) is 5.02 Å². The van der Waals surface area contributed by atoms with Crippen LogP contribution in [0.15, 0.2) is 60.8 Å². The van der Waals surface area contributed by atoms with E-state index in [1.165, 1.54) is 12.3 Å². The number of nitrogens with one attached hydrogen (secondary N) is 1. The van der Waals surface area contributed by atoms with Crippen LogP contribution in [0.3, 0.4) is 0 Å². The lowest BCUT2D eigenvalue weighted by Gasteiger charge is -2.20. The van der Waals surface area contributed by atoms with Crippen LogP contribution < -0.4 is 10.1 Å². The molecule has 0 spiro atoms. The molecule has 0 aliphatic heterocycles. The molecule has 3 aromatic rings. The number of amides is 1. The van der Waals surface area contributed by atoms with Crippen molar-refractivity contribution in [1.29, 1.82) is 0 Å². The van der Waals surface area contributed by atoms with Gasteiger partial charge in [-0.15, -0.1) is 0 Å². The molecule has 1 aromatic heterocycles. The van der Waals surface area contributed by atoms with E-state index in [2.05, 4.69) is 10.3 Å². The van der Waals surface area contributed by atoms with E-state index in [0.717, 1.165) is 11.1 Å². The fourth-order valence-corrected chi connectivity index (χ4v) is 3.22. The molecule has 0 unspecified atom stereocenters. The molecule has 0 radical (unpaired) electrons. The average molecular weight is 467 g/mol. The first-order valence-corrected chi connectivity index (χ1v) is 10.9. The van der Waals surface area contributed by atoms with E-state index in [4.69, 9.17) is 21.1 Å². The summed E-state index contributed by atoms with van der Waals surface area (Å²) in [5, 5.41) is 3.26. The predicted molar refractivity (Wildman–Crippen MR) is 128 cm³/mol. The van der Waals surface area contributed by atoms with Gasteiger partial charge in [-0.1, -0.05) is 35.9 Å². The van der Waals surface area contributed by atoms with Crippen LogP contribution in [0.1, 0.15) is 65.6 Å². The Kier molecular flexibility index (Phi) is 7.39. The Labute approximate surface area is 198 Å². The number of esters is 1. The summed E-state index contributed by atoms with van der Waals surface area (Å²) >= 11 is 6.09. The highest BCUT2D eigenvalue weighted by molar-refractivity contribution is 6.30. The van der Waals surface area contributed by atoms with Crippen LogP contribution in [0.4, 0.5) is 0 Å². The summed E-state index contributed by atoms with van der Waals surface area (Å²) in [6.07, 6.45) is 1.43. The SMILES string of the molecule is Cc1cccc(Oc2ncc(Cl)cc2C(=O)N[C@@H](C)c2ccc(C(=O)OC(C)(C)C)cc2)c1. The van der Waals surface area contributed by atoms with Crippen LogP contribution in [0.25, 0.3) is 0 Å². The highest BCUT2D eigenvalue weighted by Crippen LogP contribution is 2.27. The van der Waals surface area contributed by atoms with E-state index in [-0.39, 0.29) is 23.4 Å². The largest absolute Gasteiger partial charge is 0.456 e. The lowest BCUT2D eigenvalue weighted by atomic mass is 10.1. The summed E-state index contributed by atoms with van der Waals surface area (Å²) < 4.78 is 11.2. The van der Waals surface area contributed by atoms with Crippen molar-refractivity contribution in [2.75, 3.05) is 0 Å². The first-order chi connectivity index (χ1) is 15.5. The summed E-state index contributed by atoms with van der Waals surface area (Å²) in [5.74, 6) is -0.0373. The smallest absolute Gasteiger partial charge is 0.338 e. The van der Waals surface area contributed by atoms with Crippen molar-refractivity contribution in [2.45, 2.75) is 46.3 Å². The number of pyridine rings is 1. The number of hydrogen-bond donors (Lipinski definition) is 1. The monoisotopic (exact) mass is 466 g/mol. The molecule has 1 N–H and O–H groups in total. The lowest BCUT2D eigenvalue weighted by molar-refractivity contribution is 0.00693. The van der Waals surface area contributed by atoms with E-state index in [1.807, 2.05) is 52.8 Å². The highest BCUT2D eigenvalue weighted by atomic mass is 35.5. The fraction of sp³-hybridized carbons (Fsp3) is 0.269. The van der Waals surface area contributed by atoms with Crippen LogP contribution >= 0.6 is 11.6 Å². The van der Waals surface area contributed by atoms with E-state index < -0.39 is 11.6 Å². The number of carbonyl (C=O) groups excluding carboxylic acids is 2. The van der Waals surface area contributed by atoms with Gasteiger partial charge < -0.3 is 14.8 Å². The second-order valence-corrected chi connectivity index (χ2v) is 9.18. The molecule has 0 bridgehead atoms. The summed E-state index contributed by atoms with van der Waals surface area (Å²) in [6.45, 7) is 9.25. The van der Waals surface area contributed by atoms with Gasteiger partial charge in [0.15, 0.2) is 0 Å². The highest BCUT2D eigenvalue weighted by Gasteiger charge is 2.20. The molecular weight excluding hydrogens is 440 g/mol. The molecule has 0 saturated carbocycles. The molecule has 0 aliphatic rings. The number of aryl methyl sites for hydroxylation is 1. The Morgan fingerprint density at radius 3 is 2.39 bits per heavy atom. The quantitative estimate of drug-likeness (QED) is 0.432. The van der Waals surface area contributed by atoms with Gasteiger partial charge in [0, 0.05) is 6.20 Å². The molecule has 2 aromatic carbocycles. The van der Waals surface area contributed by atoms with Crippen molar-refractivity contribution in [2.24, 2.45) is 0 Å². The summed E-state index contributed by atoms with van der Waals surface area (Å²) in [5.41, 5.74) is 1.95. The number of rotatable bonds is 6. The van der Waals surface area contributed by atoms with Crippen molar-refractivity contribution in [1.82, 2.24) is 10.3 Å². The zero-order chi connectivity index (χ0) is 24.2. The number of halogens is 1. The summed E-state index contributed by atoms with van der Waals surface area (Å²) in [4.78, 5) is 29.4. The molecule has 3 rings (SSSR count). The number of hydrogen-bond acceptors (Lipinski definition) is 5. The van der Waals surface area contributed by atoms with Crippen LogP contribution in [0.5, 0.6) is 11.6 Å². The van der Waals surface area contributed by atoms with Gasteiger partial charge >= 0.3 is 5.97 Å². The molecule has 1 heterocycles. The molecule has 7 heteroatoms. The molecule has 6 nitrogen and oxygen atoms in total. The molecule has 172 valence electrons. The van der Waals surface area contributed by atoms with E-state index in [9.17, 15) is 9.59 Å². The van der Waals surface area contributed by atoms with Gasteiger partial charge in [-0.2, -0.15) is 0 Å². The predicted octanol–water partition coefficient (Wildman–Crippen LogP) is 6.28. The average Bonchev–Trinajstić information content (AvgIpc) is 2.74. The Morgan fingerprint density at radius 1 is 1.06 bits per heavy atom. The van der Waals surface area contributed by atoms with Gasteiger partial charge in [0.1, 0.15) is 16.9 Å². The minimum atomic E-state index is -0.569. The van der Waals surface area contributed by atoms with Crippen LogP contribution in [0, 0.1) is 6.92 Å². The standard InChI is InChI=1S/C26H27ClN2O4/c1-16-7-6-8-21(13-16)32-24-22(14-20(27)15-28-24)23(30)29-17(2)18-9-11-19(12-10-18)25(31)33-26(3,4)5/h6-15,17H,1-5H3,(H,29,30)/t17-/m0/s1. The molecule has 0 fully saturated rings. The Morgan fingerprint density at radius 2 is 1.76 bits per heavy atom. The summed E-state index contributed by atoms with van der Waals surface area (Å²) in [7, 11) is 0. The van der Waals surface area contributed by atoms with Crippen molar-refractivity contribution < 1.29 is 19.1 Å². The maximum atomic E-state index is 13.0. The zero-order valence-electron chi connectivity index (χ0n) is 19.3. The van der Waals surface area contributed by atoms with Gasteiger partial charge in [0.25, 0.3) is 5.91 Å². The number of nitrogens with zero attached hydrogens (tertiary/aromatic N) is 1.